The Morgan fingerprint density at radius 1 is 0.789 bits per heavy atom. The predicted molar refractivity (Wildman–Crippen MR) is 75.1 cm³/mol. The topological polar surface area (TPSA) is 47.6 Å². The molecule has 0 radical (unpaired) electrons. The molecular weight excluding hydrogens is 232 g/mol. The Bertz CT molecular complexity index is 650. The minimum Gasteiger partial charge on any atom is -0.192 e. The molecule has 0 saturated heterocycles. The number of allylic oxidation sites excluding steroid dienone is 1. The number of rotatable bonds is 3. The maximum atomic E-state index is 8.71. The van der Waals surface area contributed by atoms with Crippen LogP contribution in [-0.2, 0) is 6.42 Å². The van der Waals surface area contributed by atoms with Crippen LogP contribution in [0.1, 0.15) is 22.3 Å². The van der Waals surface area contributed by atoms with Gasteiger partial charge >= 0.3 is 0 Å². The Kier molecular flexibility index (Phi) is 4.11. The highest BCUT2D eigenvalue weighted by molar-refractivity contribution is 5.51. The number of hydrogen-bond donors (Lipinski definition) is 0. The molecule has 0 aromatic heterocycles. The highest BCUT2D eigenvalue weighted by atomic mass is 14.2. The van der Waals surface area contributed by atoms with Crippen molar-refractivity contribution in [2.24, 2.45) is 0 Å². The smallest absolute Gasteiger partial charge is 0.0991 e. The fraction of sp³-hybridized carbons (Fsp3) is 0.0588. The lowest BCUT2D eigenvalue weighted by molar-refractivity contribution is 1.27. The third-order valence-electron chi connectivity index (χ3n) is 2.79. The molecule has 0 N–H and O–H groups in total. The SMILES string of the molecule is N#Cc1ccc(/C=C/Cc2ccc(C#N)cc2)cc1. The Morgan fingerprint density at radius 2 is 1.32 bits per heavy atom. The highest BCUT2D eigenvalue weighted by Gasteiger charge is 1.92. The monoisotopic (exact) mass is 244 g/mol. The van der Waals surface area contributed by atoms with Crippen LogP contribution in [0.4, 0.5) is 0 Å². The van der Waals surface area contributed by atoms with Gasteiger partial charge in [-0.2, -0.15) is 10.5 Å². The second-order valence-corrected chi connectivity index (χ2v) is 4.15. The standard InChI is InChI=1S/C17H12N2/c18-12-16-8-4-14(5-9-16)2-1-3-15-6-10-17(13-19)11-7-15/h1-2,4-11H,3H2/b2-1+. The van der Waals surface area contributed by atoms with Gasteiger partial charge in [-0.3, -0.25) is 0 Å². The molecule has 0 unspecified atom stereocenters. The molecule has 2 aromatic rings. The summed E-state index contributed by atoms with van der Waals surface area (Å²) in [5, 5.41) is 17.4. The molecular formula is C17H12N2. The van der Waals surface area contributed by atoms with Crippen LogP contribution in [0.5, 0.6) is 0 Å². The molecule has 0 saturated carbocycles. The Morgan fingerprint density at radius 3 is 1.84 bits per heavy atom. The molecule has 0 bridgehead atoms. The molecule has 2 rings (SSSR count). The summed E-state index contributed by atoms with van der Waals surface area (Å²) >= 11 is 0. The molecule has 0 aliphatic rings. The van der Waals surface area contributed by atoms with Crippen molar-refractivity contribution < 1.29 is 0 Å². The van der Waals surface area contributed by atoms with Crippen LogP contribution < -0.4 is 0 Å². The summed E-state index contributed by atoms with van der Waals surface area (Å²) in [5.74, 6) is 0. The number of benzene rings is 2. The fourth-order valence-electron chi connectivity index (χ4n) is 1.72. The van der Waals surface area contributed by atoms with Crippen molar-refractivity contribution in [3.05, 3.63) is 76.9 Å². The zero-order valence-electron chi connectivity index (χ0n) is 10.4. The summed E-state index contributed by atoms with van der Waals surface area (Å²) < 4.78 is 0. The van der Waals surface area contributed by atoms with Gasteiger partial charge < -0.3 is 0 Å². The van der Waals surface area contributed by atoms with E-state index in [0.717, 1.165) is 12.0 Å². The van der Waals surface area contributed by atoms with Crippen LogP contribution in [0, 0.1) is 22.7 Å². The lowest BCUT2D eigenvalue weighted by Gasteiger charge is -1.97. The van der Waals surface area contributed by atoms with Crippen molar-refractivity contribution in [3.8, 4) is 12.1 Å². The second-order valence-electron chi connectivity index (χ2n) is 4.15. The summed E-state index contributed by atoms with van der Waals surface area (Å²) in [6.07, 6.45) is 4.92. The van der Waals surface area contributed by atoms with Gasteiger partial charge in [0.05, 0.1) is 23.3 Å². The van der Waals surface area contributed by atoms with E-state index >= 15 is 0 Å². The van der Waals surface area contributed by atoms with Crippen molar-refractivity contribution in [2.45, 2.75) is 6.42 Å². The van der Waals surface area contributed by atoms with Gasteiger partial charge in [-0.15, -0.1) is 0 Å². The average molecular weight is 244 g/mol. The zero-order chi connectivity index (χ0) is 13.5. The number of hydrogen-bond acceptors (Lipinski definition) is 2. The molecule has 2 heteroatoms. The predicted octanol–water partition coefficient (Wildman–Crippen LogP) is 3.69. The first-order valence-electron chi connectivity index (χ1n) is 5.97. The van der Waals surface area contributed by atoms with Gasteiger partial charge in [-0.1, -0.05) is 36.4 Å². The van der Waals surface area contributed by atoms with Gasteiger partial charge in [0.15, 0.2) is 0 Å². The zero-order valence-corrected chi connectivity index (χ0v) is 10.4. The van der Waals surface area contributed by atoms with Gasteiger partial charge in [0.25, 0.3) is 0 Å². The van der Waals surface area contributed by atoms with Crippen molar-refractivity contribution in [3.63, 3.8) is 0 Å². The normalized spacial score (nSPS) is 10.0. The third kappa shape index (κ3) is 3.56. The summed E-state index contributed by atoms with van der Waals surface area (Å²) in [6, 6.07) is 19.2. The van der Waals surface area contributed by atoms with E-state index < -0.39 is 0 Å². The summed E-state index contributed by atoms with van der Waals surface area (Å²) in [5.41, 5.74) is 3.60. The van der Waals surface area contributed by atoms with Gasteiger partial charge in [0, 0.05) is 0 Å². The summed E-state index contributed by atoms with van der Waals surface area (Å²) in [6.45, 7) is 0. The molecule has 90 valence electrons. The van der Waals surface area contributed by atoms with Gasteiger partial charge in [0.1, 0.15) is 0 Å². The molecule has 0 atom stereocenters. The lowest BCUT2D eigenvalue weighted by atomic mass is 10.1. The van der Waals surface area contributed by atoms with Crippen LogP contribution in [-0.4, -0.2) is 0 Å². The first kappa shape index (κ1) is 12.6. The lowest BCUT2D eigenvalue weighted by Crippen LogP contribution is -1.82. The molecule has 0 spiro atoms. The van der Waals surface area contributed by atoms with E-state index in [4.69, 9.17) is 10.5 Å². The largest absolute Gasteiger partial charge is 0.192 e. The Balaban J connectivity index is 1.99. The summed E-state index contributed by atoms with van der Waals surface area (Å²) in [4.78, 5) is 0. The second kappa shape index (κ2) is 6.19. The Hall–Kier alpha value is -2.84. The van der Waals surface area contributed by atoms with E-state index in [-0.39, 0.29) is 0 Å². The van der Waals surface area contributed by atoms with E-state index in [1.165, 1.54) is 5.56 Å². The highest BCUT2D eigenvalue weighted by Crippen LogP contribution is 2.08. The van der Waals surface area contributed by atoms with Crippen LogP contribution in [0.15, 0.2) is 54.6 Å². The Labute approximate surface area is 112 Å². The van der Waals surface area contributed by atoms with Crippen molar-refractivity contribution in [1.29, 1.82) is 10.5 Å². The minimum atomic E-state index is 0.671. The van der Waals surface area contributed by atoms with Crippen LogP contribution in [0.2, 0.25) is 0 Å². The van der Waals surface area contributed by atoms with Gasteiger partial charge in [0.2, 0.25) is 0 Å². The molecule has 0 amide bonds. The molecule has 2 nitrogen and oxygen atoms in total. The molecule has 0 aliphatic heterocycles. The van der Waals surface area contributed by atoms with E-state index in [1.54, 1.807) is 12.1 Å². The molecule has 0 aliphatic carbocycles. The molecule has 0 heterocycles. The van der Waals surface area contributed by atoms with Gasteiger partial charge in [-0.05, 0) is 41.8 Å². The first-order chi connectivity index (χ1) is 9.31. The number of nitrogens with zero attached hydrogens (tertiary/aromatic N) is 2. The number of nitriles is 2. The van der Waals surface area contributed by atoms with Crippen molar-refractivity contribution >= 4 is 6.08 Å². The van der Waals surface area contributed by atoms with Gasteiger partial charge in [-0.25, -0.2) is 0 Å². The van der Waals surface area contributed by atoms with Crippen LogP contribution in [0.3, 0.4) is 0 Å². The summed E-state index contributed by atoms with van der Waals surface area (Å²) in [7, 11) is 0. The molecule has 2 aromatic carbocycles. The van der Waals surface area contributed by atoms with Crippen LogP contribution in [0.25, 0.3) is 6.08 Å². The fourth-order valence-corrected chi connectivity index (χ4v) is 1.72. The van der Waals surface area contributed by atoms with Crippen molar-refractivity contribution in [2.75, 3.05) is 0 Å². The molecule has 0 fully saturated rings. The maximum Gasteiger partial charge on any atom is 0.0991 e. The van der Waals surface area contributed by atoms with E-state index in [2.05, 4.69) is 18.2 Å². The minimum absolute atomic E-state index is 0.671. The average Bonchev–Trinajstić information content (AvgIpc) is 2.49. The first-order valence-corrected chi connectivity index (χ1v) is 5.97. The molecule has 19 heavy (non-hydrogen) atoms. The van der Waals surface area contributed by atoms with E-state index in [0.29, 0.717) is 11.1 Å². The quantitative estimate of drug-likeness (QED) is 0.826. The van der Waals surface area contributed by atoms with Crippen molar-refractivity contribution in [1.82, 2.24) is 0 Å². The van der Waals surface area contributed by atoms with Crippen LogP contribution >= 0.6 is 0 Å². The van der Waals surface area contributed by atoms with E-state index in [1.807, 2.05) is 42.5 Å². The third-order valence-corrected chi connectivity index (χ3v) is 2.79. The maximum absolute atomic E-state index is 8.71. The van der Waals surface area contributed by atoms with E-state index in [9.17, 15) is 0 Å².